The van der Waals surface area contributed by atoms with Crippen LogP contribution in [0.4, 0.5) is 5.69 Å². The number of nitroso groups, excluding NO2 is 1. The van der Waals surface area contributed by atoms with E-state index in [0.717, 1.165) is 5.01 Å². The molecule has 80 valence electrons. The first-order valence-electron chi connectivity index (χ1n) is 3.82. The maximum atomic E-state index is 10.4. The van der Waals surface area contributed by atoms with Crippen LogP contribution in [0.5, 0.6) is 0 Å². The Kier molecular flexibility index (Phi) is 3.88. The van der Waals surface area contributed by atoms with Gasteiger partial charge in [0.05, 0.1) is 21.0 Å². The molecule has 0 spiro atoms. The Morgan fingerprint density at radius 1 is 1.40 bits per heavy atom. The van der Waals surface area contributed by atoms with Crippen LogP contribution in [-0.4, -0.2) is 17.6 Å². The molecule has 0 atom stereocenters. The number of hydrogen-bond donors (Lipinski definition) is 1. The second kappa shape index (κ2) is 4.95. The second-order valence-electron chi connectivity index (χ2n) is 2.63. The van der Waals surface area contributed by atoms with E-state index < -0.39 is 12.5 Å². The van der Waals surface area contributed by atoms with E-state index in [2.05, 4.69) is 5.29 Å². The summed E-state index contributed by atoms with van der Waals surface area (Å²) in [5.41, 5.74) is 0.279. The van der Waals surface area contributed by atoms with E-state index in [0.29, 0.717) is 5.02 Å². The number of benzene rings is 1. The van der Waals surface area contributed by atoms with E-state index in [-0.39, 0.29) is 10.7 Å². The first kappa shape index (κ1) is 11.7. The lowest BCUT2D eigenvalue weighted by molar-refractivity contribution is -0.135. The molecule has 15 heavy (non-hydrogen) atoms. The van der Waals surface area contributed by atoms with Crippen molar-refractivity contribution in [1.29, 1.82) is 0 Å². The zero-order valence-electron chi connectivity index (χ0n) is 7.35. The fraction of sp³-hybridized carbons (Fsp3) is 0.125. The molecule has 0 bridgehead atoms. The van der Waals surface area contributed by atoms with Crippen LogP contribution in [0.3, 0.4) is 0 Å². The molecule has 0 unspecified atom stereocenters. The Labute approximate surface area is 95.1 Å². The molecule has 0 radical (unpaired) electrons. The van der Waals surface area contributed by atoms with Crippen LogP contribution in [0, 0.1) is 4.91 Å². The fourth-order valence-corrected chi connectivity index (χ4v) is 1.23. The van der Waals surface area contributed by atoms with Crippen LogP contribution < -0.4 is 5.01 Å². The molecule has 0 saturated heterocycles. The normalized spacial score (nSPS) is 9.73. The van der Waals surface area contributed by atoms with Crippen molar-refractivity contribution in [2.75, 3.05) is 11.6 Å². The maximum absolute atomic E-state index is 10.4. The number of halogens is 2. The van der Waals surface area contributed by atoms with Gasteiger partial charge < -0.3 is 5.11 Å². The minimum absolute atomic E-state index is 0.230. The Morgan fingerprint density at radius 2 is 2.07 bits per heavy atom. The predicted molar refractivity (Wildman–Crippen MR) is 57.2 cm³/mol. The Bertz CT molecular complexity index is 397. The van der Waals surface area contributed by atoms with E-state index in [1.165, 1.54) is 18.2 Å². The molecule has 0 fully saturated rings. The van der Waals surface area contributed by atoms with Gasteiger partial charge in [-0.2, -0.15) is 0 Å². The first-order chi connectivity index (χ1) is 7.04. The lowest BCUT2D eigenvalue weighted by atomic mass is 10.3. The molecular formula is C8H6Cl2N2O3. The smallest absolute Gasteiger partial charge is 0.325 e. The minimum atomic E-state index is -1.17. The highest BCUT2D eigenvalue weighted by molar-refractivity contribution is 6.42. The van der Waals surface area contributed by atoms with E-state index in [4.69, 9.17) is 28.3 Å². The third kappa shape index (κ3) is 3.07. The molecule has 0 saturated carbocycles. The van der Waals surface area contributed by atoms with Gasteiger partial charge in [-0.1, -0.05) is 23.2 Å². The molecule has 1 N–H and O–H groups in total. The summed E-state index contributed by atoms with van der Waals surface area (Å²) >= 11 is 11.4. The van der Waals surface area contributed by atoms with Gasteiger partial charge in [0.15, 0.2) is 0 Å². The van der Waals surface area contributed by atoms with E-state index in [1.807, 2.05) is 0 Å². The molecule has 0 amide bonds. The van der Waals surface area contributed by atoms with Crippen LogP contribution in [-0.2, 0) is 4.79 Å². The summed E-state index contributed by atoms with van der Waals surface area (Å²) in [6.07, 6.45) is 0. The third-order valence-corrected chi connectivity index (χ3v) is 2.32. The zero-order chi connectivity index (χ0) is 11.4. The number of nitrogens with zero attached hydrogens (tertiary/aromatic N) is 2. The molecule has 0 aromatic heterocycles. The molecule has 0 aliphatic rings. The second-order valence-corrected chi connectivity index (χ2v) is 3.45. The van der Waals surface area contributed by atoms with Gasteiger partial charge in [0.1, 0.15) is 6.54 Å². The van der Waals surface area contributed by atoms with Crippen molar-refractivity contribution in [2.24, 2.45) is 5.29 Å². The number of aliphatic carboxylic acids is 1. The van der Waals surface area contributed by atoms with Gasteiger partial charge in [-0.3, -0.25) is 4.79 Å². The Hall–Kier alpha value is -1.33. The Morgan fingerprint density at radius 3 is 2.53 bits per heavy atom. The lowest BCUT2D eigenvalue weighted by Gasteiger charge is -2.12. The number of anilines is 1. The summed E-state index contributed by atoms with van der Waals surface area (Å²) in [6, 6.07) is 4.28. The van der Waals surface area contributed by atoms with Gasteiger partial charge in [-0.15, -0.1) is 4.91 Å². The van der Waals surface area contributed by atoms with Crippen molar-refractivity contribution < 1.29 is 9.90 Å². The SMILES string of the molecule is O=NN(CC(=O)O)c1ccc(Cl)c(Cl)c1. The van der Waals surface area contributed by atoms with Gasteiger partial charge in [-0.05, 0) is 18.2 Å². The van der Waals surface area contributed by atoms with Crippen LogP contribution in [0.15, 0.2) is 23.5 Å². The number of hydrogen-bond acceptors (Lipinski definition) is 3. The summed E-state index contributed by atoms with van der Waals surface area (Å²) in [5.74, 6) is -1.17. The van der Waals surface area contributed by atoms with Crippen molar-refractivity contribution in [3.63, 3.8) is 0 Å². The van der Waals surface area contributed by atoms with Gasteiger partial charge in [0.25, 0.3) is 0 Å². The molecule has 0 aliphatic heterocycles. The first-order valence-corrected chi connectivity index (χ1v) is 4.58. The largest absolute Gasteiger partial charge is 0.480 e. The topological polar surface area (TPSA) is 70.0 Å². The van der Waals surface area contributed by atoms with Gasteiger partial charge >= 0.3 is 5.97 Å². The predicted octanol–water partition coefficient (Wildman–Crippen LogP) is 2.57. The third-order valence-electron chi connectivity index (χ3n) is 1.58. The molecule has 0 aliphatic carbocycles. The molecule has 7 heteroatoms. The van der Waals surface area contributed by atoms with Gasteiger partial charge in [0.2, 0.25) is 0 Å². The molecular weight excluding hydrogens is 243 g/mol. The molecule has 1 aromatic carbocycles. The quantitative estimate of drug-likeness (QED) is 0.657. The average molecular weight is 249 g/mol. The summed E-state index contributed by atoms with van der Waals surface area (Å²) in [7, 11) is 0. The Balaban J connectivity index is 2.97. The summed E-state index contributed by atoms with van der Waals surface area (Å²) in [5, 5.41) is 12.4. The van der Waals surface area contributed by atoms with E-state index in [9.17, 15) is 9.70 Å². The summed E-state index contributed by atoms with van der Waals surface area (Å²) in [6.45, 7) is -0.526. The highest BCUT2D eigenvalue weighted by Crippen LogP contribution is 2.27. The number of carboxylic acids is 1. The highest BCUT2D eigenvalue weighted by atomic mass is 35.5. The van der Waals surface area contributed by atoms with Gasteiger partial charge in [0, 0.05) is 0 Å². The zero-order valence-corrected chi connectivity index (χ0v) is 8.87. The van der Waals surface area contributed by atoms with Gasteiger partial charge in [-0.25, -0.2) is 5.01 Å². The average Bonchev–Trinajstić information content (AvgIpc) is 2.18. The number of carbonyl (C=O) groups is 1. The maximum Gasteiger partial charge on any atom is 0.325 e. The summed E-state index contributed by atoms with van der Waals surface area (Å²) in [4.78, 5) is 20.8. The molecule has 5 nitrogen and oxygen atoms in total. The lowest BCUT2D eigenvalue weighted by Crippen LogP contribution is -2.23. The fourth-order valence-electron chi connectivity index (χ4n) is 0.941. The highest BCUT2D eigenvalue weighted by Gasteiger charge is 2.12. The van der Waals surface area contributed by atoms with Crippen molar-refractivity contribution in [3.05, 3.63) is 33.2 Å². The molecule has 0 heterocycles. The van der Waals surface area contributed by atoms with E-state index >= 15 is 0 Å². The molecule has 1 rings (SSSR count). The van der Waals surface area contributed by atoms with Crippen LogP contribution >= 0.6 is 23.2 Å². The van der Waals surface area contributed by atoms with Crippen LogP contribution in [0.2, 0.25) is 10.0 Å². The van der Waals surface area contributed by atoms with Crippen molar-refractivity contribution in [1.82, 2.24) is 0 Å². The van der Waals surface area contributed by atoms with Crippen molar-refractivity contribution in [2.45, 2.75) is 0 Å². The van der Waals surface area contributed by atoms with Crippen molar-refractivity contribution in [3.8, 4) is 0 Å². The standard InChI is InChI=1S/C8H6Cl2N2O3/c9-6-2-1-5(3-7(6)10)12(11-15)4-8(13)14/h1-3H,4H2,(H,13,14). The molecule has 1 aromatic rings. The van der Waals surface area contributed by atoms with Crippen molar-refractivity contribution >= 4 is 34.9 Å². The summed E-state index contributed by atoms with van der Waals surface area (Å²) < 4.78 is 0. The van der Waals surface area contributed by atoms with Crippen LogP contribution in [0.25, 0.3) is 0 Å². The number of rotatable bonds is 4. The monoisotopic (exact) mass is 248 g/mol. The van der Waals surface area contributed by atoms with Crippen LogP contribution in [0.1, 0.15) is 0 Å². The minimum Gasteiger partial charge on any atom is -0.480 e. The number of carboxylic acid groups (broad SMARTS) is 1. The van der Waals surface area contributed by atoms with E-state index in [1.54, 1.807) is 0 Å².